The van der Waals surface area contributed by atoms with Crippen molar-refractivity contribution in [3.8, 4) is 0 Å². The van der Waals surface area contributed by atoms with E-state index >= 15 is 0 Å². The van der Waals surface area contributed by atoms with Crippen LogP contribution >= 0.6 is 11.6 Å². The van der Waals surface area contributed by atoms with Gasteiger partial charge in [-0.25, -0.2) is 8.42 Å². The summed E-state index contributed by atoms with van der Waals surface area (Å²) in [6, 6.07) is 0. The van der Waals surface area contributed by atoms with E-state index < -0.39 is 9.84 Å². The molecule has 1 heterocycles. The standard InChI is InChI=1S/C7H10ClNO3S/c1-6(8)7(10)9-2-4-13(11,12)5-3-9/h1-5H2. The third-order valence-corrected chi connectivity index (χ3v) is 3.63. The molecule has 0 radical (unpaired) electrons. The minimum absolute atomic E-state index is 0.0168. The summed E-state index contributed by atoms with van der Waals surface area (Å²) in [6.07, 6.45) is 0. The van der Waals surface area contributed by atoms with Crippen molar-refractivity contribution in [2.75, 3.05) is 24.6 Å². The van der Waals surface area contributed by atoms with Crippen molar-refractivity contribution < 1.29 is 13.2 Å². The van der Waals surface area contributed by atoms with Gasteiger partial charge in [0.2, 0.25) is 0 Å². The highest BCUT2D eigenvalue weighted by Crippen LogP contribution is 2.09. The summed E-state index contributed by atoms with van der Waals surface area (Å²) in [7, 11) is -2.94. The molecule has 0 N–H and O–H groups in total. The van der Waals surface area contributed by atoms with E-state index in [1.807, 2.05) is 0 Å². The Labute approximate surface area is 82.1 Å². The minimum Gasteiger partial charge on any atom is -0.336 e. The highest BCUT2D eigenvalue weighted by atomic mass is 35.5. The number of carbonyl (C=O) groups is 1. The molecule has 0 aliphatic carbocycles. The number of rotatable bonds is 1. The maximum absolute atomic E-state index is 11.2. The SMILES string of the molecule is C=C(Cl)C(=O)N1CCS(=O)(=O)CC1. The minimum atomic E-state index is -2.94. The number of halogens is 1. The van der Waals surface area contributed by atoms with Gasteiger partial charge in [0.1, 0.15) is 0 Å². The van der Waals surface area contributed by atoms with E-state index in [0.29, 0.717) is 0 Å². The molecule has 0 saturated carbocycles. The number of sulfone groups is 1. The van der Waals surface area contributed by atoms with E-state index in [0.717, 1.165) is 0 Å². The number of hydrogen-bond donors (Lipinski definition) is 0. The Morgan fingerprint density at radius 2 is 1.77 bits per heavy atom. The summed E-state index contributed by atoms with van der Waals surface area (Å²) in [5, 5.41) is -0.0701. The Morgan fingerprint density at radius 3 is 2.15 bits per heavy atom. The fraction of sp³-hybridized carbons (Fsp3) is 0.571. The van der Waals surface area contributed by atoms with Crippen LogP contribution in [-0.4, -0.2) is 43.8 Å². The van der Waals surface area contributed by atoms with E-state index in [1.54, 1.807) is 0 Å². The Morgan fingerprint density at radius 1 is 1.31 bits per heavy atom. The lowest BCUT2D eigenvalue weighted by atomic mass is 10.4. The van der Waals surface area contributed by atoms with Gasteiger partial charge in [-0.15, -0.1) is 0 Å². The summed E-state index contributed by atoms with van der Waals surface area (Å²) in [5.41, 5.74) is 0. The normalized spacial score (nSPS) is 21.2. The number of hydrogen-bond acceptors (Lipinski definition) is 3. The van der Waals surface area contributed by atoms with Gasteiger partial charge in [0, 0.05) is 13.1 Å². The van der Waals surface area contributed by atoms with Crippen LogP contribution in [0.25, 0.3) is 0 Å². The lowest BCUT2D eigenvalue weighted by molar-refractivity contribution is -0.126. The van der Waals surface area contributed by atoms with Gasteiger partial charge in [0.05, 0.1) is 16.5 Å². The van der Waals surface area contributed by atoms with Gasteiger partial charge in [0.25, 0.3) is 5.91 Å². The van der Waals surface area contributed by atoms with Gasteiger partial charge in [0.15, 0.2) is 9.84 Å². The number of amides is 1. The summed E-state index contributed by atoms with van der Waals surface area (Å²) in [5.74, 6) is -0.345. The van der Waals surface area contributed by atoms with Crippen LogP contribution in [0.1, 0.15) is 0 Å². The van der Waals surface area contributed by atoms with Crippen LogP contribution in [0.3, 0.4) is 0 Å². The highest BCUT2D eigenvalue weighted by Gasteiger charge is 2.25. The first kappa shape index (κ1) is 10.5. The molecule has 1 rings (SSSR count). The summed E-state index contributed by atoms with van der Waals surface area (Å²) in [6.45, 7) is 3.72. The van der Waals surface area contributed by atoms with Crippen molar-refractivity contribution in [1.82, 2.24) is 4.90 Å². The van der Waals surface area contributed by atoms with Crippen molar-refractivity contribution in [2.45, 2.75) is 0 Å². The molecule has 1 aliphatic rings. The molecule has 4 nitrogen and oxygen atoms in total. The third-order valence-electron chi connectivity index (χ3n) is 1.86. The average Bonchev–Trinajstić information content (AvgIpc) is 2.03. The second-order valence-electron chi connectivity index (χ2n) is 2.85. The summed E-state index contributed by atoms with van der Waals surface area (Å²) < 4.78 is 22.0. The summed E-state index contributed by atoms with van der Waals surface area (Å²) in [4.78, 5) is 12.6. The van der Waals surface area contributed by atoms with Crippen LogP contribution < -0.4 is 0 Å². The van der Waals surface area contributed by atoms with Gasteiger partial charge < -0.3 is 4.90 Å². The molecule has 1 saturated heterocycles. The van der Waals surface area contributed by atoms with Crippen LogP contribution in [0.5, 0.6) is 0 Å². The lowest BCUT2D eigenvalue weighted by Crippen LogP contribution is -2.43. The smallest absolute Gasteiger partial charge is 0.264 e. The largest absolute Gasteiger partial charge is 0.336 e. The van der Waals surface area contributed by atoms with Gasteiger partial charge in [-0.05, 0) is 0 Å². The molecule has 1 fully saturated rings. The molecule has 0 unspecified atom stereocenters. The first-order valence-electron chi connectivity index (χ1n) is 3.76. The van der Waals surface area contributed by atoms with Gasteiger partial charge in [-0.1, -0.05) is 18.2 Å². The fourth-order valence-corrected chi connectivity index (χ4v) is 2.41. The van der Waals surface area contributed by atoms with Crippen molar-refractivity contribution in [2.24, 2.45) is 0 Å². The average molecular weight is 224 g/mol. The van der Waals surface area contributed by atoms with E-state index in [1.165, 1.54) is 4.90 Å². The van der Waals surface area contributed by atoms with Crippen molar-refractivity contribution in [1.29, 1.82) is 0 Å². The third kappa shape index (κ3) is 2.70. The molecule has 13 heavy (non-hydrogen) atoms. The van der Waals surface area contributed by atoms with E-state index in [-0.39, 0.29) is 35.5 Å². The molecule has 0 aromatic carbocycles. The monoisotopic (exact) mass is 223 g/mol. The van der Waals surface area contributed by atoms with Crippen molar-refractivity contribution in [3.63, 3.8) is 0 Å². The fourth-order valence-electron chi connectivity index (χ4n) is 1.09. The molecule has 0 bridgehead atoms. The van der Waals surface area contributed by atoms with E-state index in [9.17, 15) is 13.2 Å². The van der Waals surface area contributed by atoms with Crippen LogP contribution in [0.4, 0.5) is 0 Å². The van der Waals surface area contributed by atoms with Crippen LogP contribution in [-0.2, 0) is 14.6 Å². The molecule has 0 aromatic rings. The van der Waals surface area contributed by atoms with E-state index in [2.05, 4.69) is 6.58 Å². The van der Waals surface area contributed by atoms with Crippen LogP contribution in [0, 0.1) is 0 Å². The predicted octanol–water partition coefficient (Wildman–Crippen LogP) is -0.00410. The Balaban J connectivity index is 2.60. The first-order chi connectivity index (χ1) is 5.92. The van der Waals surface area contributed by atoms with E-state index in [4.69, 9.17) is 11.6 Å². The highest BCUT2D eigenvalue weighted by molar-refractivity contribution is 7.91. The topological polar surface area (TPSA) is 54.5 Å². The maximum Gasteiger partial charge on any atom is 0.264 e. The molecular weight excluding hydrogens is 214 g/mol. The molecular formula is C7H10ClNO3S. The molecule has 0 aromatic heterocycles. The van der Waals surface area contributed by atoms with Crippen LogP contribution in [0.15, 0.2) is 11.6 Å². The maximum atomic E-state index is 11.2. The summed E-state index contributed by atoms with van der Waals surface area (Å²) >= 11 is 5.40. The molecule has 6 heteroatoms. The predicted molar refractivity (Wildman–Crippen MR) is 50.2 cm³/mol. The Kier molecular flexibility index (Phi) is 2.98. The lowest BCUT2D eigenvalue weighted by Gasteiger charge is -2.26. The molecule has 0 spiro atoms. The zero-order valence-electron chi connectivity index (χ0n) is 6.99. The number of nitrogens with zero attached hydrogens (tertiary/aromatic N) is 1. The van der Waals surface area contributed by atoms with Gasteiger partial charge in [-0.3, -0.25) is 4.79 Å². The second-order valence-corrected chi connectivity index (χ2v) is 5.61. The molecule has 1 amide bonds. The zero-order valence-corrected chi connectivity index (χ0v) is 8.57. The Bertz CT molecular complexity index is 322. The van der Waals surface area contributed by atoms with Gasteiger partial charge in [-0.2, -0.15) is 0 Å². The van der Waals surface area contributed by atoms with Crippen molar-refractivity contribution >= 4 is 27.3 Å². The second kappa shape index (κ2) is 3.67. The molecule has 74 valence electrons. The zero-order chi connectivity index (χ0) is 10.1. The van der Waals surface area contributed by atoms with Crippen LogP contribution in [0.2, 0.25) is 0 Å². The molecule has 0 atom stereocenters. The van der Waals surface area contributed by atoms with Crippen molar-refractivity contribution in [3.05, 3.63) is 11.6 Å². The quantitative estimate of drug-likeness (QED) is 0.588. The number of carbonyl (C=O) groups excluding carboxylic acids is 1. The Hall–Kier alpha value is -0.550. The van der Waals surface area contributed by atoms with Gasteiger partial charge >= 0.3 is 0 Å². The first-order valence-corrected chi connectivity index (χ1v) is 5.96. The molecule has 1 aliphatic heterocycles.